The van der Waals surface area contributed by atoms with E-state index in [1.54, 1.807) is 24.3 Å². The number of nitrogens with one attached hydrogen (secondary N) is 3. The van der Waals surface area contributed by atoms with Crippen LogP contribution >= 0.6 is 0 Å². The third kappa shape index (κ3) is 7.13. The van der Waals surface area contributed by atoms with Gasteiger partial charge in [0.2, 0.25) is 17.7 Å². The van der Waals surface area contributed by atoms with Gasteiger partial charge < -0.3 is 20.5 Å². The molecular formula is C25H35N5O4. The maximum Gasteiger partial charge on any atom is 0.251 e. The average molecular weight is 470 g/mol. The molecule has 184 valence electrons. The van der Waals surface area contributed by atoms with Crippen LogP contribution in [0.5, 0.6) is 0 Å². The van der Waals surface area contributed by atoms with Crippen LogP contribution in [0.25, 0.3) is 0 Å². The second-order valence-electron chi connectivity index (χ2n) is 10.0. The van der Waals surface area contributed by atoms with Gasteiger partial charge in [0.25, 0.3) is 5.91 Å². The Balaban J connectivity index is 1.56. The van der Waals surface area contributed by atoms with Crippen LogP contribution in [0.3, 0.4) is 0 Å². The summed E-state index contributed by atoms with van der Waals surface area (Å²) < 4.78 is 5.41. The van der Waals surface area contributed by atoms with Crippen LogP contribution in [-0.2, 0) is 21.5 Å². The number of aromatic nitrogens is 2. The SMILES string of the molecule is CC(=O)NC1(c2noc(CCC(=O)Nc3ccc(C(=O)NC(C)(C)C)cc3)n2)CCCCCC1. The molecule has 1 aromatic heterocycles. The molecule has 1 aliphatic rings. The van der Waals surface area contributed by atoms with Gasteiger partial charge in [-0.25, -0.2) is 0 Å². The number of carbonyl (C=O) groups is 3. The standard InChI is InChI=1S/C25H35N5O4/c1-17(31)28-25(15-7-5-6-8-16-25)23-27-21(34-30-23)14-13-20(32)26-19-11-9-18(10-12-19)22(33)29-24(2,3)4/h9-12H,5-8,13-16H2,1-4H3,(H,26,32)(H,28,31)(H,29,33). The van der Waals surface area contributed by atoms with E-state index in [0.717, 1.165) is 38.5 Å². The highest BCUT2D eigenvalue weighted by Crippen LogP contribution is 2.34. The van der Waals surface area contributed by atoms with Gasteiger partial charge in [0, 0.05) is 36.6 Å². The molecule has 1 fully saturated rings. The zero-order chi connectivity index (χ0) is 24.8. The summed E-state index contributed by atoms with van der Waals surface area (Å²) >= 11 is 0. The van der Waals surface area contributed by atoms with Crippen LogP contribution in [0.4, 0.5) is 5.69 Å². The summed E-state index contributed by atoms with van der Waals surface area (Å²) in [6, 6.07) is 6.75. The fourth-order valence-electron chi connectivity index (χ4n) is 4.19. The lowest BCUT2D eigenvalue weighted by atomic mass is 9.89. The Labute approximate surface area is 200 Å². The molecule has 1 aromatic carbocycles. The summed E-state index contributed by atoms with van der Waals surface area (Å²) in [5.74, 6) is 0.382. The number of anilines is 1. The highest BCUT2D eigenvalue weighted by atomic mass is 16.5. The van der Waals surface area contributed by atoms with E-state index >= 15 is 0 Å². The molecule has 1 saturated carbocycles. The molecule has 1 heterocycles. The highest BCUT2D eigenvalue weighted by molar-refractivity contribution is 5.96. The first-order chi connectivity index (χ1) is 16.1. The molecule has 0 aliphatic heterocycles. The van der Waals surface area contributed by atoms with Crippen molar-refractivity contribution in [3.05, 3.63) is 41.5 Å². The third-order valence-electron chi connectivity index (χ3n) is 5.75. The number of rotatable bonds is 7. The van der Waals surface area contributed by atoms with Crippen molar-refractivity contribution >= 4 is 23.4 Å². The molecule has 0 radical (unpaired) electrons. The van der Waals surface area contributed by atoms with Gasteiger partial charge in [-0.1, -0.05) is 30.8 Å². The van der Waals surface area contributed by atoms with Crippen molar-refractivity contribution in [3.8, 4) is 0 Å². The van der Waals surface area contributed by atoms with E-state index in [2.05, 4.69) is 26.1 Å². The molecule has 34 heavy (non-hydrogen) atoms. The lowest BCUT2D eigenvalue weighted by Gasteiger charge is -2.30. The normalized spacial score (nSPS) is 15.8. The van der Waals surface area contributed by atoms with E-state index in [1.165, 1.54) is 6.92 Å². The Kier molecular flexibility index (Phi) is 8.06. The van der Waals surface area contributed by atoms with Gasteiger partial charge in [-0.05, 0) is 57.9 Å². The molecule has 3 amide bonds. The van der Waals surface area contributed by atoms with Crippen LogP contribution in [0.1, 0.15) is 94.7 Å². The van der Waals surface area contributed by atoms with Gasteiger partial charge in [-0.15, -0.1) is 0 Å². The fraction of sp³-hybridized carbons (Fsp3) is 0.560. The van der Waals surface area contributed by atoms with E-state index in [9.17, 15) is 14.4 Å². The molecule has 2 aromatic rings. The monoisotopic (exact) mass is 469 g/mol. The maximum atomic E-state index is 12.4. The van der Waals surface area contributed by atoms with Crippen molar-refractivity contribution in [1.82, 2.24) is 20.8 Å². The van der Waals surface area contributed by atoms with E-state index < -0.39 is 5.54 Å². The van der Waals surface area contributed by atoms with E-state index in [0.29, 0.717) is 29.4 Å². The van der Waals surface area contributed by atoms with Crippen molar-refractivity contribution in [2.75, 3.05) is 5.32 Å². The zero-order valence-corrected chi connectivity index (χ0v) is 20.5. The topological polar surface area (TPSA) is 126 Å². The molecule has 0 atom stereocenters. The molecule has 1 aliphatic carbocycles. The lowest BCUT2D eigenvalue weighted by Crippen LogP contribution is -2.45. The second-order valence-corrected chi connectivity index (χ2v) is 10.0. The van der Waals surface area contributed by atoms with Crippen molar-refractivity contribution in [2.24, 2.45) is 0 Å². The molecule has 9 heteroatoms. The van der Waals surface area contributed by atoms with Crippen LogP contribution in [0.15, 0.2) is 28.8 Å². The molecule has 0 bridgehead atoms. The Morgan fingerprint density at radius 1 is 1.03 bits per heavy atom. The number of hydrogen-bond donors (Lipinski definition) is 3. The number of benzene rings is 1. The molecular weight excluding hydrogens is 434 g/mol. The molecule has 9 nitrogen and oxygen atoms in total. The molecule has 0 unspecified atom stereocenters. The Bertz CT molecular complexity index is 999. The number of nitrogens with zero attached hydrogens (tertiary/aromatic N) is 2. The number of carbonyl (C=O) groups excluding carboxylic acids is 3. The van der Waals surface area contributed by atoms with Gasteiger partial charge >= 0.3 is 0 Å². The number of amides is 3. The lowest BCUT2D eigenvalue weighted by molar-refractivity contribution is -0.121. The Hall–Kier alpha value is -3.23. The first-order valence-electron chi connectivity index (χ1n) is 11.9. The Morgan fingerprint density at radius 3 is 2.26 bits per heavy atom. The molecule has 0 saturated heterocycles. The van der Waals surface area contributed by atoms with Crippen LogP contribution in [0, 0.1) is 0 Å². The molecule has 3 N–H and O–H groups in total. The van der Waals surface area contributed by atoms with Gasteiger partial charge in [0.15, 0.2) is 5.82 Å². The summed E-state index contributed by atoms with van der Waals surface area (Å²) in [6.07, 6.45) is 6.23. The molecule has 0 spiro atoms. The predicted molar refractivity (Wildman–Crippen MR) is 128 cm³/mol. The second kappa shape index (κ2) is 10.8. The van der Waals surface area contributed by atoms with Crippen LogP contribution in [-0.4, -0.2) is 33.4 Å². The number of hydrogen-bond acceptors (Lipinski definition) is 6. The third-order valence-corrected chi connectivity index (χ3v) is 5.75. The summed E-state index contributed by atoms with van der Waals surface area (Å²) in [4.78, 5) is 41.0. The average Bonchev–Trinajstić information content (AvgIpc) is 3.11. The van der Waals surface area contributed by atoms with Crippen LogP contribution < -0.4 is 16.0 Å². The summed E-state index contributed by atoms with van der Waals surface area (Å²) in [7, 11) is 0. The summed E-state index contributed by atoms with van der Waals surface area (Å²) in [6.45, 7) is 7.26. The first kappa shape index (κ1) is 25.4. The maximum absolute atomic E-state index is 12.4. The van der Waals surface area contributed by atoms with E-state index in [1.807, 2.05) is 20.8 Å². The summed E-state index contributed by atoms with van der Waals surface area (Å²) in [5, 5.41) is 12.9. The fourth-order valence-corrected chi connectivity index (χ4v) is 4.19. The summed E-state index contributed by atoms with van der Waals surface area (Å²) in [5.41, 5.74) is 0.203. The van der Waals surface area contributed by atoms with Crippen molar-refractivity contribution in [1.29, 1.82) is 0 Å². The zero-order valence-electron chi connectivity index (χ0n) is 20.5. The van der Waals surface area contributed by atoms with Gasteiger partial charge in [-0.3, -0.25) is 14.4 Å². The predicted octanol–water partition coefficient (Wildman–Crippen LogP) is 3.85. The highest BCUT2D eigenvalue weighted by Gasteiger charge is 2.38. The minimum Gasteiger partial charge on any atom is -0.347 e. The quantitative estimate of drug-likeness (QED) is 0.529. The largest absolute Gasteiger partial charge is 0.347 e. The van der Waals surface area contributed by atoms with Crippen molar-refractivity contribution < 1.29 is 18.9 Å². The van der Waals surface area contributed by atoms with Gasteiger partial charge in [0.1, 0.15) is 5.54 Å². The van der Waals surface area contributed by atoms with Gasteiger partial charge in [-0.2, -0.15) is 4.98 Å². The smallest absolute Gasteiger partial charge is 0.251 e. The van der Waals surface area contributed by atoms with E-state index in [-0.39, 0.29) is 29.7 Å². The minimum atomic E-state index is -0.604. The Morgan fingerprint density at radius 2 is 1.68 bits per heavy atom. The minimum absolute atomic E-state index is 0.116. The van der Waals surface area contributed by atoms with Crippen LogP contribution in [0.2, 0.25) is 0 Å². The number of aryl methyl sites for hydroxylation is 1. The molecule has 3 rings (SSSR count). The first-order valence-corrected chi connectivity index (χ1v) is 11.9. The van der Waals surface area contributed by atoms with Crippen molar-refractivity contribution in [2.45, 2.75) is 90.1 Å². The van der Waals surface area contributed by atoms with Crippen molar-refractivity contribution in [3.63, 3.8) is 0 Å². The van der Waals surface area contributed by atoms with Gasteiger partial charge in [0.05, 0.1) is 0 Å². The van der Waals surface area contributed by atoms with E-state index in [4.69, 9.17) is 4.52 Å².